The van der Waals surface area contributed by atoms with Crippen molar-refractivity contribution in [3.8, 4) is 11.5 Å². The highest BCUT2D eigenvalue weighted by Gasteiger charge is 2.21. The lowest BCUT2D eigenvalue weighted by molar-refractivity contribution is 0.483. The van der Waals surface area contributed by atoms with Crippen LogP contribution in [0.15, 0.2) is 30.3 Å². The van der Waals surface area contributed by atoms with Gasteiger partial charge < -0.3 is 20.1 Å². The second kappa shape index (κ2) is 8.38. The zero-order valence-electron chi connectivity index (χ0n) is 15.1. The van der Waals surface area contributed by atoms with Crippen molar-refractivity contribution in [1.82, 2.24) is 15.0 Å². The van der Waals surface area contributed by atoms with Crippen molar-refractivity contribution in [1.29, 1.82) is 0 Å². The summed E-state index contributed by atoms with van der Waals surface area (Å²) in [5, 5.41) is 0. The minimum atomic E-state index is 0. The summed E-state index contributed by atoms with van der Waals surface area (Å²) in [7, 11) is 0. The third-order valence-electron chi connectivity index (χ3n) is 4.49. The van der Waals surface area contributed by atoms with Crippen LogP contribution in [0, 0.1) is 13.8 Å². The summed E-state index contributed by atoms with van der Waals surface area (Å²) >= 11 is 0. The quantitative estimate of drug-likeness (QED) is 0.749. The Labute approximate surface area is 159 Å². The SMILES string of the molecule is Cc1nc(N2CCCCC2)c2[nH]c(C)c(Oc3ccccc3)c2n1.Cl.O. The average molecular weight is 377 g/mol. The van der Waals surface area contributed by atoms with Gasteiger partial charge in [0.15, 0.2) is 11.6 Å². The number of hydrogen-bond acceptors (Lipinski definition) is 4. The van der Waals surface area contributed by atoms with E-state index in [4.69, 9.17) is 9.72 Å². The van der Waals surface area contributed by atoms with Gasteiger partial charge in [-0.2, -0.15) is 0 Å². The number of hydrogen-bond donors (Lipinski definition) is 1. The first-order valence-corrected chi connectivity index (χ1v) is 8.57. The van der Waals surface area contributed by atoms with E-state index in [1.54, 1.807) is 0 Å². The number of nitrogens with one attached hydrogen (secondary N) is 1. The Morgan fingerprint density at radius 2 is 1.69 bits per heavy atom. The molecule has 0 spiro atoms. The summed E-state index contributed by atoms with van der Waals surface area (Å²) in [5.41, 5.74) is 2.82. The van der Waals surface area contributed by atoms with Gasteiger partial charge in [0.2, 0.25) is 0 Å². The molecule has 1 fully saturated rings. The van der Waals surface area contributed by atoms with E-state index in [0.717, 1.165) is 53.0 Å². The van der Waals surface area contributed by atoms with Gasteiger partial charge >= 0.3 is 0 Å². The van der Waals surface area contributed by atoms with Crippen molar-refractivity contribution in [2.24, 2.45) is 0 Å². The highest BCUT2D eigenvalue weighted by atomic mass is 35.5. The molecule has 0 amide bonds. The molecule has 3 N–H and O–H groups in total. The first kappa shape index (κ1) is 20.0. The molecule has 6 nitrogen and oxygen atoms in total. The molecule has 0 saturated carbocycles. The Kier molecular flexibility index (Phi) is 6.45. The van der Waals surface area contributed by atoms with Crippen LogP contribution in [0.5, 0.6) is 11.5 Å². The van der Waals surface area contributed by atoms with Crippen LogP contribution in [-0.4, -0.2) is 33.5 Å². The fourth-order valence-corrected chi connectivity index (χ4v) is 3.32. The zero-order valence-corrected chi connectivity index (χ0v) is 15.9. The number of halogens is 1. The third-order valence-corrected chi connectivity index (χ3v) is 4.49. The maximum absolute atomic E-state index is 6.12. The Morgan fingerprint density at radius 1 is 1.00 bits per heavy atom. The van der Waals surface area contributed by atoms with Crippen molar-refractivity contribution < 1.29 is 10.2 Å². The number of H-pyrrole nitrogens is 1. The summed E-state index contributed by atoms with van der Waals surface area (Å²) in [5.74, 6) is 3.39. The molecule has 0 atom stereocenters. The van der Waals surface area contributed by atoms with Gasteiger partial charge in [-0.15, -0.1) is 12.4 Å². The molecule has 3 aromatic rings. The summed E-state index contributed by atoms with van der Waals surface area (Å²) in [6.45, 7) is 6.08. The molecule has 7 heteroatoms. The molecule has 0 unspecified atom stereocenters. The molecule has 3 heterocycles. The number of nitrogens with zero attached hydrogens (tertiary/aromatic N) is 3. The fourth-order valence-electron chi connectivity index (χ4n) is 3.32. The number of fused-ring (bicyclic) bond motifs is 1. The molecule has 0 bridgehead atoms. The number of benzene rings is 1. The van der Waals surface area contributed by atoms with Crippen LogP contribution in [0.2, 0.25) is 0 Å². The second-order valence-electron chi connectivity index (χ2n) is 6.36. The zero-order chi connectivity index (χ0) is 16.5. The molecular weight excluding hydrogens is 352 g/mol. The minimum Gasteiger partial charge on any atom is -0.453 e. The molecule has 2 aromatic heterocycles. The van der Waals surface area contributed by atoms with Crippen molar-refractivity contribution in [3.05, 3.63) is 41.9 Å². The minimum absolute atomic E-state index is 0. The van der Waals surface area contributed by atoms with E-state index in [0.29, 0.717) is 0 Å². The number of anilines is 1. The molecule has 1 saturated heterocycles. The van der Waals surface area contributed by atoms with Gasteiger partial charge in [-0.05, 0) is 45.2 Å². The van der Waals surface area contributed by atoms with Gasteiger partial charge in [0.05, 0.1) is 5.69 Å². The van der Waals surface area contributed by atoms with Crippen LogP contribution in [0.4, 0.5) is 5.82 Å². The lowest BCUT2D eigenvalue weighted by Crippen LogP contribution is -2.30. The number of rotatable bonds is 3. The second-order valence-corrected chi connectivity index (χ2v) is 6.36. The molecule has 1 aliphatic rings. The van der Waals surface area contributed by atoms with Crippen molar-refractivity contribution in [2.75, 3.05) is 18.0 Å². The summed E-state index contributed by atoms with van der Waals surface area (Å²) < 4.78 is 6.12. The Hall–Kier alpha value is -2.31. The molecule has 1 aromatic carbocycles. The lowest BCUT2D eigenvalue weighted by atomic mass is 10.1. The van der Waals surface area contributed by atoms with Gasteiger partial charge in [0.1, 0.15) is 22.6 Å². The summed E-state index contributed by atoms with van der Waals surface area (Å²) in [6.07, 6.45) is 3.74. The number of aryl methyl sites for hydroxylation is 2. The average Bonchev–Trinajstić information content (AvgIpc) is 2.92. The first-order chi connectivity index (χ1) is 11.7. The third kappa shape index (κ3) is 3.76. The molecule has 140 valence electrons. The number of para-hydroxylation sites is 1. The molecule has 0 radical (unpaired) electrons. The summed E-state index contributed by atoms with van der Waals surface area (Å²) in [4.78, 5) is 15.2. The number of aromatic amines is 1. The summed E-state index contributed by atoms with van der Waals surface area (Å²) in [6, 6.07) is 9.84. The van der Waals surface area contributed by atoms with Crippen LogP contribution in [-0.2, 0) is 0 Å². The first-order valence-electron chi connectivity index (χ1n) is 8.57. The Balaban J connectivity index is 0.00000121. The van der Waals surface area contributed by atoms with Gasteiger partial charge in [0, 0.05) is 13.1 Å². The topological polar surface area (TPSA) is 85.5 Å². The number of piperidine rings is 1. The van der Waals surface area contributed by atoms with E-state index in [2.05, 4.69) is 14.9 Å². The van der Waals surface area contributed by atoms with Crippen molar-refractivity contribution in [3.63, 3.8) is 0 Å². The van der Waals surface area contributed by atoms with Crippen LogP contribution in [0.25, 0.3) is 11.0 Å². The van der Waals surface area contributed by atoms with Crippen LogP contribution < -0.4 is 9.64 Å². The van der Waals surface area contributed by atoms with E-state index >= 15 is 0 Å². The molecular formula is C19H25ClN4O2. The van der Waals surface area contributed by atoms with E-state index < -0.39 is 0 Å². The standard InChI is InChI=1S/C19H22N4O.ClH.H2O/c1-13-18(24-15-9-5-3-6-10-15)16-17(20-13)19(22-14(2)21-16)23-11-7-4-8-12-23;;/h3,5-6,9-10,20H,4,7-8,11-12H2,1-2H3;1H;1H2. The van der Waals surface area contributed by atoms with E-state index in [-0.39, 0.29) is 17.9 Å². The highest BCUT2D eigenvalue weighted by molar-refractivity contribution is 5.92. The maximum Gasteiger partial charge on any atom is 0.174 e. The predicted molar refractivity (Wildman–Crippen MR) is 107 cm³/mol. The maximum atomic E-state index is 6.12. The van der Waals surface area contributed by atoms with Gasteiger partial charge in [-0.3, -0.25) is 0 Å². The predicted octanol–water partition coefficient (Wildman–Crippen LogP) is 3.95. The Morgan fingerprint density at radius 3 is 2.38 bits per heavy atom. The smallest absolute Gasteiger partial charge is 0.174 e. The number of ether oxygens (including phenoxy) is 1. The van der Waals surface area contributed by atoms with Crippen LogP contribution in [0.3, 0.4) is 0 Å². The number of aromatic nitrogens is 3. The molecule has 26 heavy (non-hydrogen) atoms. The fraction of sp³-hybridized carbons (Fsp3) is 0.368. The normalized spacial score (nSPS) is 13.8. The van der Waals surface area contributed by atoms with Crippen molar-refractivity contribution >= 4 is 29.3 Å². The Bertz CT molecular complexity index is 861. The van der Waals surface area contributed by atoms with Crippen LogP contribution in [0.1, 0.15) is 30.8 Å². The monoisotopic (exact) mass is 376 g/mol. The molecule has 4 rings (SSSR count). The van der Waals surface area contributed by atoms with Gasteiger partial charge in [-0.1, -0.05) is 18.2 Å². The highest BCUT2D eigenvalue weighted by Crippen LogP contribution is 2.36. The van der Waals surface area contributed by atoms with E-state index in [1.807, 2.05) is 44.2 Å². The molecule has 1 aliphatic heterocycles. The van der Waals surface area contributed by atoms with Gasteiger partial charge in [-0.25, -0.2) is 9.97 Å². The lowest BCUT2D eigenvalue weighted by Gasteiger charge is -2.28. The molecule has 0 aliphatic carbocycles. The van der Waals surface area contributed by atoms with E-state index in [1.165, 1.54) is 19.3 Å². The van der Waals surface area contributed by atoms with Crippen molar-refractivity contribution in [2.45, 2.75) is 33.1 Å². The van der Waals surface area contributed by atoms with Crippen LogP contribution >= 0.6 is 12.4 Å². The largest absolute Gasteiger partial charge is 0.453 e. The van der Waals surface area contributed by atoms with E-state index in [9.17, 15) is 0 Å². The van der Waals surface area contributed by atoms with Gasteiger partial charge in [0.25, 0.3) is 0 Å².